The van der Waals surface area contributed by atoms with Crippen LogP contribution in [-0.2, 0) is 0 Å². The van der Waals surface area contributed by atoms with Gasteiger partial charge < -0.3 is 15.2 Å². The summed E-state index contributed by atoms with van der Waals surface area (Å²) >= 11 is 4.83. The van der Waals surface area contributed by atoms with Crippen molar-refractivity contribution in [1.29, 1.82) is 0 Å². The molecule has 0 aliphatic carbocycles. The predicted molar refractivity (Wildman–Crippen MR) is 85.0 cm³/mol. The summed E-state index contributed by atoms with van der Waals surface area (Å²) in [6.45, 7) is 0. The normalized spacial score (nSPS) is 10.8. The average molecular weight is 357 g/mol. The maximum atomic E-state index is 5.53. The zero-order chi connectivity index (χ0) is 14.5. The molecule has 20 heavy (non-hydrogen) atoms. The summed E-state index contributed by atoms with van der Waals surface area (Å²) in [6, 6.07) is 3.68. The van der Waals surface area contributed by atoms with E-state index in [1.807, 2.05) is 12.1 Å². The van der Waals surface area contributed by atoms with Gasteiger partial charge in [-0.25, -0.2) is 4.98 Å². The van der Waals surface area contributed by atoms with Crippen molar-refractivity contribution in [2.24, 2.45) is 5.10 Å². The van der Waals surface area contributed by atoms with Crippen LogP contribution in [0.5, 0.6) is 11.5 Å². The third-order valence-corrected chi connectivity index (χ3v) is 3.86. The van der Waals surface area contributed by atoms with Crippen LogP contribution in [0.3, 0.4) is 0 Å². The third kappa shape index (κ3) is 3.20. The number of thiazole rings is 1. The Bertz CT molecular complexity index is 630. The van der Waals surface area contributed by atoms with Crippen molar-refractivity contribution in [2.75, 3.05) is 25.4 Å². The second-order valence-corrected chi connectivity index (χ2v) is 5.36. The summed E-state index contributed by atoms with van der Waals surface area (Å²) in [4.78, 5) is 4.04. The maximum absolute atomic E-state index is 5.53. The minimum Gasteiger partial charge on any atom is -0.493 e. The molecule has 106 valence electrons. The zero-order valence-corrected chi connectivity index (χ0v) is 13.3. The Labute approximate surface area is 128 Å². The number of hydrazone groups is 1. The first kappa shape index (κ1) is 14.6. The first-order valence-electron chi connectivity index (χ1n) is 5.56. The molecule has 6 nitrogen and oxygen atoms in total. The Morgan fingerprint density at radius 3 is 2.80 bits per heavy atom. The fourth-order valence-electron chi connectivity index (χ4n) is 1.54. The summed E-state index contributed by atoms with van der Waals surface area (Å²) in [7, 11) is 3.17. The van der Waals surface area contributed by atoms with E-state index < -0.39 is 0 Å². The van der Waals surface area contributed by atoms with Crippen LogP contribution in [0, 0.1) is 0 Å². The largest absolute Gasteiger partial charge is 0.493 e. The van der Waals surface area contributed by atoms with Crippen LogP contribution >= 0.6 is 27.3 Å². The number of nitrogens with two attached hydrogens (primary N) is 1. The first-order valence-corrected chi connectivity index (χ1v) is 7.23. The molecule has 1 heterocycles. The van der Waals surface area contributed by atoms with Crippen molar-refractivity contribution in [3.8, 4) is 11.5 Å². The fraction of sp³-hybridized carbons (Fsp3) is 0.167. The van der Waals surface area contributed by atoms with E-state index in [2.05, 4.69) is 31.4 Å². The van der Waals surface area contributed by atoms with Gasteiger partial charge in [-0.05, 0) is 28.1 Å². The van der Waals surface area contributed by atoms with E-state index in [-0.39, 0.29) is 0 Å². The molecule has 0 fully saturated rings. The van der Waals surface area contributed by atoms with Crippen molar-refractivity contribution >= 4 is 44.4 Å². The quantitative estimate of drug-likeness (QED) is 0.635. The summed E-state index contributed by atoms with van der Waals surface area (Å²) in [5, 5.41) is 6.48. The van der Waals surface area contributed by atoms with Gasteiger partial charge in [0, 0.05) is 9.85 Å². The zero-order valence-electron chi connectivity index (χ0n) is 10.9. The standard InChI is InChI=1S/C12H13BrN4O2S/c1-18-9-4-3-8(13)7(11(9)19-2)5-15-17-12-16-10(14)6-20-12/h3-6H,14H2,1-2H3,(H,16,17). The van der Waals surface area contributed by atoms with Crippen LogP contribution in [0.2, 0.25) is 0 Å². The lowest BCUT2D eigenvalue weighted by Crippen LogP contribution is -1.98. The molecule has 0 saturated carbocycles. The fourth-order valence-corrected chi connectivity index (χ4v) is 2.50. The van der Waals surface area contributed by atoms with E-state index in [4.69, 9.17) is 15.2 Å². The highest BCUT2D eigenvalue weighted by Crippen LogP contribution is 2.34. The lowest BCUT2D eigenvalue weighted by molar-refractivity contribution is 0.354. The lowest BCUT2D eigenvalue weighted by Gasteiger charge is -2.11. The number of nitrogens with one attached hydrogen (secondary N) is 1. The topological polar surface area (TPSA) is 81.8 Å². The van der Waals surface area contributed by atoms with Gasteiger partial charge in [0.25, 0.3) is 0 Å². The molecule has 1 aromatic carbocycles. The second-order valence-electron chi connectivity index (χ2n) is 3.64. The molecule has 0 spiro atoms. The van der Waals surface area contributed by atoms with Crippen LogP contribution < -0.4 is 20.6 Å². The number of hydrogen-bond donors (Lipinski definition) is 2. The highest BCUT2D eigenvalue weighted by atomic mass is 79.9. The van der Waals surface area contributed by atoms with Crippen LogP contribution in [-0.4, -0.2) is 25.4 Å². The number of methoxy groups -OCH3 is 2. The Morgan fingerprint density at radius 2 is 2.20 bits per heavy atom. The van der Waals surface area contributed by atoms with Gasteiger partial charge in [0.2, 0.25) is 5.13 Å². The van der Waals surface area contributed by atoms with E-state index >= 15 is 0 Å². The molecule has 2 aromatic rings. The first-order chi connectivity index (χ1) is 9.65. The number of ether oxygens (including phenoxy) is 2. The van der Waals surface area contributed by atoms with Gasteiger partial charge in [0.1, 0.15) is 5.82 Å². The molecular weight excluding hydrogens is 344 g/mol. The molecule has 0 aliphatic heterocycles. The van der Waals surface area contributed by atoms with Gasteiger partial charge in [-0.1, -0.05) is 0 Å². The van der Waals surface area contributed by atoms with E-state index in [0.29, 0.717) is 22.4 Å². The molecule has 0 atom stereocenters. The van der Waals surface area contributed by atoms with Crippen molar-refractivity contribution in [3.63, 3.8) is 0 Å². The predicted octanol–water partition coefficient (Wildman–Crippen LogP) is 2.95. The van der Waals surface area contributed by atoms with Crippen LogP contribution in [0.15, 0.2) is 27.1 Å². The van der Waals surface area contributed by atoms with Crippen molar-refractivity contribution < 1.29 is 9.47 Å². The van der Waals surface area contributed by atoms with Crippen molar-refractivity contribution in [2.45, 2.75) is 0 Å². The minimum absolute atomic E-state index is 0.466. The smallest absolute Gasteiger partial charge is 0.205 e. The highest BCUT2D eigenvalue weighted by Gasteiger charge is 2.11. The van der Waals surface area contributed by atoms with Gasteiger partial charge in [-0.2, -0.15) is 5.10 Å². The highest BCUT2D eigenvalue weighted by molar-refractivity contribution is 9.10. The van der Waals surface area contributed by atoms with Gasteiger partial charge in [-0.3, -0.25) is 5.43 Å². The monoisotopic (exact) mass is 356 g/mol. The van der Waals surface area contributed by atoms with E-state index in [9.17, 15) is 0 Å². The minimum atomic E-state index is 0.466. The number of hydrogen-bond acceptors (Lipinski definition) is 7. The molecule has 0 radical (unpaired) electrons. The van der Waals surface area contributed by atoms with Gasteiger partial charge in [0.15, 0.2) is 11.5 Å². The van der Waals surface area contributed by atoms with E-state index in [0.717, 1.165) is 10.0 Å². The Hall–Kier alpha value is -1.80. The van der Waals surface area contributed by atoms with E-state index in [1.165, 1.54) is 11.3 Å². The molecule has 1 aromatic heterocycles. The average Bonchev–Trinajstić information content (AvgIpc) is 2.86. The molecule has 0 aliphatic rings. The maximum Gasteiger partial charge on any atom is 0.205 e. The van der Waals surface area contributed by atoms with Crippen molar-refractivity contribution in [1.82, 2.24) is 4.98 Å². The number of benzene rings is 1. The molecule has 0 bridgehead atoms. The number of rotatable bonds is 5. The summed E-state index contributed by atoms with van der Waals surface area (Å²) in [5.74, 6) is 1.70. The number of anilines is 2. The SMILES string of the molecule is COc1ccc(Br)c(C=NNc2nc(N)cs2)c1OC. The molecule has 8 heteroatoms. The Balaban J connectivity index is 2.23. The van der Waals surface area contributed by atoms with Crippen LogP contribution in [0.25, 0.3) is 0 Å². The molecule has 2 rings (SSSR count). The second kappa shape index (κ2) is 6.58. The number of nitrogen functional groups attached to an aromatic ring is 1. The van der Waals surface area contributed by atoms with Gasteiger partial charge >= 0.3 is 0 Å². The number of nitrogens with zero attached hydrogens (tertiary/aromatic N) is 2. The lowest BCUT2D eigenvalue weighted by atomic mass is 10.2. The summed E-state index contributed by atoms with van der Waals surface area (Å²) in [5.41, 5.74) is 9.11. The van der Waals surface area contributed by atoms with Gasteiger partial charge in [-0.15, -0.1) is 11.3 Å². The molecular formula is C12H13BrN4O2S. The molecule has 0 saturated heterocycles. The van der Waals surface area contributed by atoms with Crippen molar-refractivity contribution in [3.05, 3.63) is 27.5 Å². The molecule has 0 amide bonds. The summed E-state index contributed by atoms with van der Waals surface area (Å²) < 4.78 is 11.4. The molecule has 3 N–H and O–H groups in total. The Morgan fingerprint density at radius 1 is 1.40 bits per heavy atom. The van der Waals surface area contributed by atoms with Crippen LogP contribution in [0.4, 0.5) is 10.9 Å². The third-order valence-electron chi connectivity index (χ3n) is 2.41. The Kier molecular flexibility index (Phi) is 4.80. The van der Waals surface area contributed by atoms with Crippen LogP contribution in [0.1, 0.15) is 5.56 Å². The number of halogens is 1. The van der Waals surface area contributed by atoms with Gasteiger partial charge in [0.05, 0.1) is 26.0 Å². The van der Waals surface area contributed by atoms with E-state index in [1.54, 1.807) is 25.8 Å². The summed E-state index contributed by atoms with van der Waals surface area (Å²) in [6.07, 6.45) is 1.63. The number of aromatic nitrogens is 1. The molecule has 0 unspecified atom stereocenters.